The molecule has 0 radical (unpaired) electrons. The smallest absolute Gasteiger partial charge is 0.334 e. The van der Waals surface area contributed by atoms with Crippen LogP contribution in [0.15, 0.2) is 0 Å². The summed E-state index contributed by atoms with van der Waals surface area (Å²) in [6.07, 6.45) is 3.59. The zero-order chi connectivity index (χ0) is 14.5. The number of nitrogens with one attached hydrogen (secondary N) is 1. The molecule has 1 aliphatic carbocycles. The van der Waals surface area contributed by atoms with Gasteiger partial charge < -0.3 is 20.4 Å². The first-order valence-corrected chi connectivity index (χ1v) is 7.25. The average Bonchev–Trinajstić information content (AvgIpc) is 2.98. The van der Waals surface area contributed by atoms with Crippen molar-refractivity contribution in [2.45, 2.75) is 37.8 Å². The van der Waals surface area contributed by atoms with Crippen LogP contribution in [0.25, 0.3) is 0 Å². The molecule has 2 amide bonds. The van der Waals surface area contributed by atoms with Crippen molar-refractivity contribution >= 4 is 12.0 Å². The van der Waals surface area contributed by atoms with Crippen LogP contribution >= 0.6 is 0 Å². The highest BCUT2D eigenvalue weighted by molar-refractivity contribution is 5.76. The van der Waals surface area contributed by atoms with Crippen LogP contribution in [0, 0.1) is 0 Å². The lowest BCUT2D eigenvalue weighted by molar-refractivity contribution is -0.146. The summed E-state index contributed by atoms with van der Waals surface area (Å²) < 4.78 is 0. The Kier molecular flexibility index (Phi) is 5.19. The van der Waals surface area contributed by atoms with Gasteiger partial charge in [-0.2, -0.15) is 0 Å². The van der Waals surface area contributed by atoms with Crippen LogP contribution in [0.2, 0.25) is 0 Å². The number of hydrogen-bond acceptors (Lipinski definition) is 4. The fourth-order valence-electron chi connectivity index (χ4n) is 2.94. The maximum atomic E-state index is 11.8. The standard InChI is InChI=1S/C13H23N3O4/c17-11(12(18)19)9-14-13(20)16-7-5-15(6-8-16)10-3-1-2-4-10/h10-11,17H,1-9H2,(H,14,20)(H,18,19)/t11-/m0/s1. The van der Waals surface area contributed by atoms with Crippen LogP contribution in [0.1, 0.15) is 25.7 Å². The summed E-state index contributed by atoms with van der Waals surface area (Å²) in [7, 11) is 0. The Labute approximate surface area is 118 Å². The zero-order valence-electron chi connectivity index (χ0n) is 11.6. The molecule has 0 unspecified atom stereocenters. The SMILES string of the molecule is O=C(O)[C@@H](O)CNC(=O)N1CCN(C2CCCC2)CC1. The number of rotatable bonds is 4. The Morgan fingerprint density at radius 1 is 1.15 bits per heavy atom. The molecule has 2 fully saturated rings. The van der Waals surface area contributed by atoms with Crippen molar-refractivity contribution in [1.82, 2.24) is 15.1 Å². The number of hydrogen-bond donors (Lipinski definition) is 3. The Hall–Kier alpha value is -1.34. The molecule has 1 heterocycles. The number of carboxylic acid groups (broad SMARTS) is 1. The van der Waals surface area contributed by atoms with Gasteiger partial charge in [0.15, 0.2) is 6.10 Å². The maximum Gasteiger partial charge on any atom is 0.334 e. The lowest BCUT2D eigenvalue weighted by Crippen LogP contribution is -2.54. The van der Waals surface area contributed by atoms with E-state index < -0.39 is 12.1 Å². The van der Waals surface area contributed by atoms with Gasteiger partial charge in [-0.1, -0.05) is 12.8 Å². The number of aliphatic hydroxyl groups is 1. The van der Waals surface area contributed by atoms with Crippen LogP contribution in [0.3, 0.4) is 0 Å². The number of aliphatic carboxylic acids is 1. The van der Waals surface area contributed by atoms with Crippen molar-refractivity contribution in [3.8, 4) is 0 Å². The molecule has 0 bridgehead atoms. The Bertz CT molecular complexity index is 350. The number of aliphatic hydroxyl groups excluding tert-OH is 1. The van der Waals surface area contributed by atoms with Crippen LogP contribution in [0.4, 0.5) is 4.79 Å². The Balaban J connectivity index is 1.70. The lowest BCUT2D eigenvalue weighted by Gasteiger charge is -2.38. The third kappa shape index (κ3) is 3.83. The minimum absolute atomic E-state index is 0.253. The predicted octanol–water partition coefficient (Wildman–Crippen LogP) is -0.298. The number of carbonyl (C=O) groups excluding carboxylic acids is 1. The van der Waals surface area contributed by atoms with Crippen molar-refractivity contribution in [2.24, 2.45) is 0 Å². The third-order valence-electron chi connectivity index (χ3n) is 4.17. The number of carbonyl (C=O) groups is 2. The molecule has 1 aliphatic heterocycles. The van der Waals surface area contributed by atoms with E-state index >= 15 is 0 Å². The lowest BCUT2D eigenvalue weighted by atomic mass is 10.2. The zero-order valence-corrected chi connectivity index (χ0v) is 11.6. The minimum atomic E-state index is -1.54. The Morgan fingerprint density at radius 3 is 2.30 bits per heavy atom. The summed E-state index contributed by atoms with van der Waals surface area (Å²) in [5.74, 6) is -1.32. The highest BCUT2D eigenvalue weighted by atomic mass is 16.4. The molecular formula is C13H23N3O4. The second kappa shape index (κ2) is 6.90. The molecule has 7 heteroatoms. The average molecular weight is 285 g/mol. The molecule has 7 nitrogen and oxygen atoms in total. The molecule has 1 atom stereocenters. The Morgan fingerprint density at radius 2 is 1.75 bits per heavy atom. The van der Waals surface area contributed by atoms with Crippen LogP contribution < -0.4 is 5.32 Å². The number of nitrogens with zero attached hydrogens (tertiary/aromatic N) is 2. The number of carboxylic acids is 1. The van der Waals surface area contributed by atoms with Gasteiger partial charge in [0.25, 0.3) is 0 Å². The van der Waals surface area contributed by atoms with Crippen molar-refractivity contribution in [1.29, 1.82) is 0 Å². The van der Waals surface area contributed by atoms with E-state index in [2.05, 4.69) is 10.2 Å². The summed E-state index contributed by atoms with van der Waals surface area (Å²) in [4.78, 5) is 26.4. The van der Waals surface area contributed by atoms with Crippen molar-refractivity contribution in [3.63, 3.8) is 0 Å². The molecule has 0 spiro atoms. The fourth-order valence-corrected chi connectivity index (χ4v) is 2.94. The molecule has 0 aromatic heterocycles. The van der Waals surface area contributed by atoms with E-state index in [9.17, 15) is 9.59 Å². The molecule has 0 aromatic carbocycles. The summed E-state index contributed by atoms with van der Waals surface area (Å²) in [5, 5.41) is 20.1. The van der Waals surface area contributed by atoms with Crippen molar-refractivity contribution in [2.75, 3.05) is 32.7 Å². The molecule has 1 saturated carbocycles. The topological polar surface area (TPSA) is 93.1 Å². The minimum Gasteiger partial charge on any atom is -0.479 e. The summed E-state index contributed by atoms with van der Waals surface area (Å²) in [6.45, 7) is 2.81. The van der Waals surface area contributed by atoms with E-state index in [-0.39, 0.29) is 12.6 Å². The predicted molar refractivity (Wildman–Crippen MR) is 72.4 cm³/mol. The van der Waals surface area contributed by atoms with E-state index in [1.54, 1.807) is 4.90 Å². The largest absolute Gasteiger partial charge is 0.479 e. The second-order valence-corrected chi connectivity index (χ2v) is 5.50. The van der Waals surface area contributed by atoms with E-state index in [0.29, 0.717) is 19.1 Å². The molecule has 20 heavy (non-hydrogen) atoms. The summed E-state index contributed by atoms with van der Waals surface area (Å²) >= 11 is 0. The molecular weight excluding hydrogens is 262 g/mol. The van der Waals surface area contributed by atoms with Crippen LogP contribution in [0.5, 0.6) is 0 Å². The molecule has 0 aromatic rings. The van der Waals surface area contributed by atoms with Gasteiger partial charge in [0.2, 0.25) is 0 Å². The summed E-state index contributed by atoms with van der Waals surface area (Å²) in [5.41, 5.74) is 0. The highest BCUT2D eigenvalue weighted by Crippen LogP contribution is 2.24. The molecule has 114 valence electrons. The van der Waals surface area contributed by atoms with E-state index in [4.69, 9.17) is 10.2 Å². The van der Waals surface area contributed by atoms with Gasteiger partial charge in [0.05, 0.1) is 6.54 Å². The quantitative estimate of drug-likeness (QED) is 0.659. The van der Waals surface area contributed by atoms with Gasteiger partial charge in [0, 0.05) is 32.2 Å². The van der Waals surface area contributed by atoms with E-state index in [0.717, 1.165) is 13.1 Å². The number of amides is 2. The monoisotopic (exact) mass is 285 g/mol. The van der Waals surface area contributed by atoms with Gasteiger partial charge >= 0.3 is 12.0 Å². The third-order valence-corrected chi connectivity index (χ3v) is 4.17. The van der Waals surface area contributed by atoms with Crippen LogP contribution in [-0.4, -0.2) is 76.9 Å². The van der Waals surface area contributed by atoms with Crippen LogP contribution in [-0.2, 0) is 4.79 Å². The normalized spacial score (nSPS) is 22.8. The van der Waals surface area contributed by atoms with Gasteiger partial charge in [-0.15, -0.1) is 0 Å². The fraction of sp³-hybridized carbons (Fsp3) is 0.846. The molecule has 2 aliphatic rings. The molecule has 2 rings (SSSR count). The first-order valence-electron chi connectivity index (χ1n) is 7.25. The molecule has 3 N–H and O–H groups in total. The molecule has 1 saturated heterocycles. The van der Waals surface area contributed by atoms with Crippen molar-refractivity contribution in [3.05, 3.63) is 0 Å². The van der Waals surface area contributed by atoms with E-state index in [1.807, 2.05) is 0 Å². The highest BCUT2D eigenvalue weighted by Gasteiger charge is 2.28. The number of piperazine rings is 1. The van der Waals surface area contributed by atoms with Gasteiger partial charge in [-0.05, 0) is 12.8 Å². The second-order valence-electron chi connectivity index (χ2n) is 5.50. The van der Waals surface area contributed by atoms with Gasteiger partial charge in [-0.25, -0.2) is 9.59 Å². The number of urea groups is 1. The first kappa shape index (κ1) is 15.1. The summed E-state index contributed by atoms with van der Waals surface area (Å²) in [6, 6.07) is 0.380. The van der Waals surface area contributed by atoms with Crippen molar-refractivity contribution < 1.29 is 19.8 Å². The first-order chi connectivity index (χ1) is 9.58. The van der Waals surface area contributed by atoms with Gasteiger partial charge in [-0.3, -0.25) is 4.90 Å². The van der Waals surface area contributed by atoms with Gasteiger partial charge in [0.1, 0.15) is 0 Å². The maximum absolute atomic E-state index is 11.8. The van der Waals surface area contributed by atoms with E-state index in [1.165, 1.54) is 25.7 Å².